The summed E-state index contributed by atoms with van der Waals surface area (Å²) >= 11 is 0. The van der Waals surface area contributed by atoms with Crippen molar-refractivity contribution in [2.75, 3.05) is 40.3 Å². The van der Waals surface area contributed by atoms with Gasteiger partial charge in [0.15, 0.2) is 0 Å². The van der Waals surface area contributed by atoms with Crippen LogP contribution < -0.4 is 5.32 Å². The Morgan fingerprint density at radius 2 is 1.56 bits per heavy atom. The molecule has 2 fully saturated rings. The van der Waals surface area contributed by atoms with Gasteiger partial charge in [0.2, 0.25) is 10.0 Å². The SMILES string of the molecule is CNC(=O)c1ccc(S(=O)(=O)N2CC3(C)CN(C)CC(C)(C2)C3)cc1. The number of likely N-dealkylation sites (tertiary alicyclic amines) is 1. The summed E-state index contributed by atoms with van der Waals surface area (Å²) in [4.78, 5) is 14.2. The minimum Gasteiger partial charge on any atom is -0.355 e. The molecule has 6 nitrogen and oxygen atoms in total. The summed E-state index contributed by atoms with van der Waals surface area (Å²) in [5, 5.41) is 2.54. The van der Waals surface area contributed by atoms with Gasteiger partial charge in [-0.25, -0.2) is 8.42 Å². The van der Waals surface area contributed by atoms with Crippen LogP contribution in [0.2, 0.25) is 0 Å². The molecule has 0 saturated carbocycles. The number of carbonyl (C=O) groups is 1. The van der Waals surface area contributed by atoms with Crippen LogP contribution in [0.5, 0.6) is 0 Å². The standard InChI is InChI=1S/C18H27N3O3S/c1-17-9-18(2,11-20(4)10-17)13-21(12-17)25(23,24)15-7-5-14(6-8-15)16(22)19-3/h5-8H,9-13H2,1-4H3,(H,19,22). The van der Waals surface area contributed by atoms with E-state index in [-0.39, 0.29) is 21.6 Å². The first-order valence-electron chi connectivity index (χ1n) is 8.58. The fraction of sp³-hybridized carbons (Fsp3) is 0.611. The van der Waals surface area contributed by atoms with Crippen molar-refractivity contribution in [1.29, 1.82) is 0 Å². The molecule has 2 bridgehead atoms. The van der Waals surface area contributed by atoms with Crippen LogP contribution in [0.25, 0.3) is 0 Å². The Balaban J connectivity index is 1.89. The van der Waals surface area contributed by atoms with Gasteiger partial charge in [-0.2, -0.15) is 4.31 Å². The average Bonchev–Trinajstić information content (AvgIpc) is 2.51. The Hall–Kier alpha value is -1.44. The molecule has 2 unspecified atom stereocenters. The molecule has 2 heterocycles. The van der Waals surface area contributed by atoms with E-state index >= 15 is 0 Å². The third kappa shape index (κ3) is 3.45. The summed E-state index contributed by atoms with van der Waals surface area (Å²) < 4.78 is 27.9. The van der Waals surface area contributed by atoms with E-state index in [0.717, 1.165) is 19.5 Å². The molecule has 7 heteroatoms. The number of hydrogen-bond acceptors (Lipinski definition) is 4. The zero-order valence-corrected chi connectivity index (χ0v) is 16.2. The van der Waals surface area contributed by atoms with Crippen molar-refractivity contribution >= 4 is 15.9 Å². The van der Waals surface area contributed by atoms with Gasteiger partial charge in [0.1, 0.15) is 0 Å². The van der Waals surface area contributed by atoms with E-state index < -0.39 is 10.0 Å². The number of piperidine rings is 2. The molecule has 1 N–H and O–H groups in total. The largest absolute Gasteiger partial charge is 0.355 e. The summed E-state index contributed by atoms with van der Waals surface area (Å²) in [6.45, 7) is 7.24. The number of benzene rings is 1. The molecule has 2 aliphatic heterocycles. The molecule has 25 heavy (non-hydrogen) atoms. The van der Waals surface area contributed by atoms with E-state index in [0.29, 0.717) is 18.7 Å². The van der Waals surface area contributed by atoms with E-state index in [1.54, 1.807) is 23.5 Å². The summed E-state index contributed by atoms with van der Waals surface area (Å²) in [5.41, 5.74) is 0.391. The van der Waals surface area contributed by atoms with Crippen molar-refractivity contribution in [3.63, 3.8) is 0 Å². The van der Waals surface area contributed by atoms with Crippen LogP contribution >= 0.6 is 0 Å². The van der Waals surface area contributed by atoms with Crippen LogP contribution in [-0.2, 0) is 10.0 Å². The second-order valence-corrected chi connectivity index (χ2v) is 10.3. The minimum absolute atomic E-state index is 0.0326. The monoisotopic (exact) mass is 365 g/mol. The highest BCUT2D eigenvalue weighted by Gasteiger charge is 2.50. The molecule has 138 valence electrons. The third-order valence-electron chi connectivity index (χ3n) is 5.25. The Morgan fingerprint density at radius 3 is 2.04 bits per heavy atom. The third-order valence-corrected chi connectivity index (χ3v) is 7.06. The second kappa shape index (κ2) is 6.07. The lowest BCUT2D eigenvalue weighted by molar-refractivity contribution is -0.0386. The quantitative estimate of drug-likeness (QED) is 0.879. The fourth-order valence-electron chi connectivity index (χ4n) is 4.86. The summed E-state index contributed by atoms with van der Waals surface area (Å²) in [6, 6.07) is 6.18. The normalized spacial score (nSPS) is 30.9. The first-order valence-corrected chi connectivity index (χ1v) is 10.0. The lowest BCUT2D eigenvalue weighted by Crippen LogP contribution is -2.62. The maximum absolute atomic E-state index is 13.1. The van der Waals surface area contributed by atoms with E-state index in [4.69, 9.17) is 0 Å². The van der Waals surface area contributed by atoms with Crippen LogP contribution in [0.3, 0.4) is 0 Å². The number of amides is 1. The number of fused-ring (bicyclic) bond motifs is 2. The van der Waals surface area contributed by atoms with Crippen molar-refractivity contribution in [3.8, 4) is 0 Å². The van der Waals surface area contributed by atoms with Crippen molar-refractivity contribution in [2.24, 2.45) is 10.8 Å². The summed E-state index contributed by atoms with van der Waals surface area (Å²) in [6.07, 6.45) is 1.05. The molecule has 0 aromatic heterocycles. The molecular weight excluding hydrogens is 338 g/mol. The van der Waals surface area contributed by atoms with Gasteiger partial charge in [-0.15, -0.1) is 0 Å². The highest BCUT2D eigenvalue weighted by atomic mass is 32.2. The number of sulfonamides is 1. The van der Waals surface area contributed by atoms with Gasteiger partial charge in [-0.3, -0.25) is 4.79 Å². The molecule has 1 aromatic carbocycles. The summed E-state index contributed by atoms with van der Waals surface area (Å²) in [5.74, 6) is -0.223. The second-order valence-electron chi connectivity index (χ2n) is 8.35. The van der Waals surface area contributed by atoms with Gasteiger partial charge in [-0.1, -0.05) is 13.8 Å². The number of nitrogens with one attached hydrogen (secondary N) is 1. The van der Waals surface area contributed by atoms with E-state index in [1.165, 1.54) is 12.1 Å². The molecule has 1 aromatic rings. The lowest BCUT2D eigenvalue weighted by Gasteiger charge is -2.55. The smallest absolute Gasteiger partial charge is 0.251 e. The zero-order valence-electron chi connectivity index (χ0n) is 15.4. The molecule has 1 amide bonds. The number of carbonyl (C=O) groups excluding carboxylic acids is 1. The molecule has 0 aliphatic carbocycles. The fourth-order valence-corrected chi connectivity index (χ4v) is 6.60. The molecule has 0 radical (unpaired) electrons. The topological polar surface area (TPSA) is 69.7 Å². The van der Waals surface area contributed by atoms with Crippen LogP contribution in [0.1, 0.15) is 30.6 Å². The minimum atomic E-state index is -3.56. The van der Waals surface area contributed by atoms with Gasteiger partial charge in [-0.05, 0) is 48.6 Å². The van der Waals surface area contributed by atoms with Gasteiger partial charge >= 0.3 is 0 Å². The van der Waals surface area contributed by atoms with Gasteiger partial charge in [0.25, 0.3) is 5.91 Å². The molecule has 0 spiro atoms. The van der Waals surface area contributed by atoms with Crippen LogP contribution in [0.15, 0.2) is 29.2 Å². The predicted octanol–water partition coefficient (Wildman–Crippen LogP) is 1.40. The Labute approximate surface area is 150 Å². The first kappa shape index (κ1) is 18.4. The maximum Gasteiger partial charge on any atom is 0.251 e. The van der Waals surface area contributed by atoms with Crippen LogP contribution in [-0.4, -0.2) is 63.8 Å². The van der Waals surface area contributed by atoms with Gasteiger partial charge < -0.3 is 10.2 Å². The van der Waals surface area contributed by atoms with Gasteiger partial charge in [0.05, 0.1) is 4.90 Å². The Morgan fingerprint density at radius 1 is 1.04 bits per heavy atom. The summed E-state index contributed by atoms with van der Waals surface area (Å²) in [7, 11) is 0.0980. The van der Waals surface area contributed by atoms with Gasteiger partial charge in [0, 0.05) is 38.8 Å². The molecule has 2 aliphatic rings. The van der Waals surface area contributed by atoms with Crippen LogP contribution in [0, 0.1) is 10.8 Å². The van der Waals surface area contributed by atoms with E-state index in [9.17, 15) is 13.2 Å². The molecule has 3 rings (SSSR count). The number of hydrogen-bond donors (Lipinski definition) is 1. The molecule has 2 saturated heterocycles. The Kier molecular flexibility index (Phi) is 4.46. The number of rotatable bonds is 3. The maximum atomic E-state index is 13.1. The number of nitrogens with zero attached hydrogens (tertiary/aromatic N) is 2. The predicted molar refractivity (Wildman–Crippen MR) is 96.9 cm³/mol. The van der Waals surface area contributed by atoms with Crippen molar-refractivity contribution < 1.29 is 13.2 Å². The first-order chi connectivity index (χ1) is 11.6. The highest BCUT2D eigenvalue weighted by molar-refractivity contribution is 7.89. The van der Waals surface area contributed by atoms with Crippen molar-refractivity contribution in [2.45, 2.75) is 25.2 Å². The Bertz CT molecular complexity index is 757. The lowest BCUT2D eigenvalue weighted by atomic mass is 9.66. The molecule has 2 atom stereocenters. The van der Waals surface area contributed by atoms with Crippen LogP contribution in [0.4, 0.5) is 0 Å². The zero-order chi connectivity index (χ0) is 18.5. The average molecular weight is 365 g/mol. The highest BCUT2D eigenvalue weighted by Crippen LogP contribution is 2.46. The van der Waals surface area contributed by atoms with E-state index in [2.05, 4.69) is 31.1 Å². The van der Waals surface area contributed by atoms with E-state index in [1.807, 2.05) is 0 Å². The molecular formula is C18H27N3O3S. The van der Waals surface area contributed by atoms with Crippen molar-refractivity contribution in [3.05, 3.63) is 29.8 Å². The van der Waals surface area contributed by atoms with Crippen molar-refractivity contribution in [1.82, 2.24) is 14.5 Å².